The van der Waals surface area contributed by atoms with Crippen LogP contribution in [0.15, 0.2) is 38.5 Å². The first-order valence-electron chi connectivity index (χ1n) is 6.57. The van der Waals surface area contributed by atoms with Crippen molar-refractivity contribution < 1.29 is 9.21 Å². The highest BCUT2D eigenvalue weighted by Gasteiger charge is 2.13. The zero-order valence-electron chi connectivity index (χ0n) is 11.7. The maximum Gasteiger partial charge on any atom is 0.329 e. The van der Waals surface area contributed by atoms with Crippen LogP contribution in [-0.2, 0) is 17.9 Å². The van der Waals surface area contributed by atoms with E-state index in [4.69, 9.17) is 4.42 Å². The Morgan fingerprint density at radius 1 is 1.45 bits per heavy atom. The van der Waals surface area contributed by atoms with Crippen LogP contribution < -0.4 is 16.6 Å². The number of furan rings is 1. The summed E-state index contributed by atoms with van der Waals surface area (Å²) in [4.78, 5) is 40.2. The molecule has 0 bridgehead atoms. The predicted molar refractivity (Wildman–Crippen MR) is 82.0 cm³/mol. The number of rotatable bonds is 4. The molecular formula is C14H13N3O4S. The van der Waals surface area contributed by atoms with E-state index in [1.165, 1.54) is 17.6 Å². The molecule has 7 nitrogen and oxygen atoms in total. The summed E-state index contributed by atoms with van der Waals surface area (Å²) >= 11 is 1.33. The Balaban J connectivity index is 1.82. The first-order chi connectivity index (χ1) is 10.5. The number of aromatic amines is 1. The fourth-order valence-electron chi connectivity index (χ4n) is 2.11. The summed E-state index contributed by atoms with van der Waals surface area (Å²) in [5.41, 5.74) is -1.05. The lowest BCUT2D eigenvalue weighted by molar-refractivity contribution is -0.122. The van der Waals surface area contributed by atoms with Gasteiger partial charge >= 0.3 is 5.69 Å². The minimum absolute atomic E-state index is 0.207. The molecule has 0 spiro atoms. The Morgan fingerprint density at radius 2 is 2.27 bits per heavy atom. The minimum atomic E-state index is -0.590. The average molecular weight is 319 g/mol. The number of aromatic nitrogens is 2. The number of hydrogen-bond acceptors (Lipinski definition) is 5. The zero-order valence-corrected chi connectivity index (χ0v) is 12.5. The van der Waals surface area contributed by atoms with Gasteiger partial charge in [-0.05, 0) is 25.1 Å². The second-order valence-corrected chi connectivity index (χ2v) is 6.03. The van der Waals surface area contributed by atoms with Crippen LogP contribution in [0.3, 0.4) is 0 Å². The molecular weight excluding hydrogens is 306 g/mol. The van der Waals surface area contributed by atoms with Crippen LogP contribution in [0.1, 0.15) is 10.6 Å². The third kappa shape index (κ3) is 2.73. The Labute approximate surface area is 128 Å². The molecule has 0 aliphatic heterocycles. The van der Waals surface area contributed by atoms with E-state index in [2.05, 4.69) is 10.3 Å². The number of aryl methyl sites for hydroxylation is 1. The number of carbonyl (C=O) groups excluding carboxylic acids is 1. The smallest absolute Gasteiger partial charge is 0.329 e. The van der Waals surface area contributed by atoms with Gasteiger partial charge in [0, 0.05) is 4.88 Å². The number of nitrogens with one attached hydrogen (secondary N) is 2. The molecule has 0 unspecified atom stereocenters. The van der Waals surface area contributed by atoms with Gasteiger partial charge in [0.1, 0.15) is 17.1 Å². The van der Waals surface area contributed by atoms with E-state index in [1.807, 2.05) is 6.92 Å². The third-order valence-corrected chi connectivity index (χ3v) is 4.10. The Kier molecular flexibility index (Phi) is 3.68. The number of nitrogens with zero attached hydrogens (tertiary/aromatic N) is 1. The molecule has 0 radical (unpaired) electrons. The summed E-state index contributed by atoms with van der Waals surface area (Å²) in [6, 6.07) is 5.14. The van der Waals surface area contributed by atoms with Gasteiger partial charge in [-0.1, -0.05) is 0 Å². The van der Waals surface area contributed by atoms with E-state index in [-0.39, 0.29) is 13.1 Å². The monoisotopic (exact) mass is 319 g/mol. The SMILES string of the molecule is Cc1cc2c(=O)n(CC(=O)NCc3ccco3)c(=O)[nH]c2s1. The molecule has 0 aliphatic rings. The first-order valence-corrected chi connectivity index (χ1v) is 7.38. The van der Waals surface area contributed by atoms with Crippen molar-refractivity contribution in [3.8, 4) is 0 Å². The van der Waals surface area contributed by atoms with Crippen molar-refractivity contribution >= 4 is 27.5 Å². The normalized spacial score (nSPS) is 11.0. The number of amides is 1. The van der Waals surface area contributed by atoms with E-state index in [0.717, 1.165) is 9.44 Å². The van der Waals surface area contributed by atoms with Gasteiger partial charge in [-0.3, -0.25) is 19.1 Å². The van der Waals surface area contributed by atoms with Gasteiger partial charge in [0.05, 0.1) is 18.2 Å². The van der Waals surface area contributed by atoms with Crippen LogP contribution in [-0.4, -0.2) is 15.5 Å². The number of carbonyl (C=O) groups is 1. The number of fused-ring (bicyclic) bond motifs is 1. The molecule has 3 aromatic heterocycles. The summed E-state index contributed by atoms with van der Waals surface area (Å²) in [5.74, 6) is 0.161. The topological polar surface area (TPSA) is 97.1 Å². The van der Waals surface area contributed by atoms with Crippen LogP contribution in [0.25, 0.3) is 10.2 Å². The quantitative estimate of drug-likeness (QED) is 0.749. The fourth-order valence-corrected chi connectivity index (χ4v) is 3.00. The van der Waals surface area contributed by atoms with Gasteiger partial charge in [0.25, 0.3) is 5.56 Å². The molecule has 22 heavy (non-hydrogen) atoms. The molecule has 1 amide bonds. The van der Waals surface area contributed by atoms with E-state index in [9.17, 15) is 14.4 Å². The van der Waals surface area contributed by atoms with Crippen LogP contribution in [0.4, 0.5) is 0 Å². The van der Waals surface area contributed by atoms with Crippen molar-refractivity contribution in [3.05, 3.63) is 55.9 Å². The van der Waals surface area contributed by atoms with Crippen LogP contribution in [0.2, 0.25) is 0 Å². The summed E-state index contributed by atoms with van der Waals surface area (Å²) in [5, 5.41) is 3.02. The second kappa shape index (κ2) is 5.64. The second-order valence-electron chi connectivity index (χ2n) is 4.78. The standard InChI is InChI=1S/C14H13N3O4S/c1-8-5-10-12(22-8)16-14(20)17(13(10)19)7-11(18)15-6-9-3-2-4-21-9/h2-5H,6-7H2,1H3,(H,15,18)(H,16,20). The van der Waals surface area contributed by atoms with Crippen molar-refractivity contribution in [2.24, 2.45) is 0 Å². The lowest BCUT2D eigenvalue weighted by Crippen LogP contribution is -2.40. The fraction of sp³-hybridized carbons (Fsp3) is 0.214. The maximum atomic E-state index is 12.3. The highest BCUT2D eigenvalue weighted by Crippen LogP contribution is 2.18. The third-order valence-electron chi connectivity index (χ3n) is 3.14. The maximum absolute atomic E-state index is 12.3. The molecule has 2 N–H and O–H groups in total. The Bertz CT molecular complexity index is 933. The van der Waals surface area contributed by atoms with Crippen molar-refractivity contribution in [2.45, 2.75) is 20.0 Å². The van der Waals surface area contributed by atoms with Crippen molar-refractivity contribution in [1.82, 2.24) is 14.9 Å². The number of H-pyrrole nitrogens is 1. The first kappa shape index (κ1) is 14.3. The van der Waals surface area contributed by atoms with E-state index >= 15 is 0 Å². The molecule has 0 aliphatic carbocycles. The van der Waals surface area contributed by atoms with E-state index in [1.54, 1.807) is 18.2 Å². The largest absolute Gasteiger partial charge is 0.467 e. The van der Waals surface area contributed by atoms with Crippen molar-refractivity contribution in [3.63, 3.8) is 0 Å². The molecule has 3 rings (SSSR count). The van der Waals surface area contributed by atoms with Crippen molar-refractivity contribution in [2.75, 3.05) is 0 Å². The molecule has 0 aromatic carbocycles. The Hall–Kier alpha value is -2.61. The van der Waals surface area contributed by atoms with Gasteiger partial charge in [0.15, 0.2) is 0 Å². The van der Waals surface area contributed by atoms with Crippen LogP contribution >= 0.6 is 11.3 Å². The highest BCUT2D eigenvalue weighted by molar-refractivity contribution is 7.18. The molecule has 0 saturated heterocycles. The molecule has 3 aromatic rings. The average Bonchev–Trinajstić information content (AvgIpc) is 3.10. The summed E-state index contributed by atoms with van der Waals surface area (Å²) in [6.07, 6.45) is 1.50. The lowest BCUT2D eigenvalue weighted by atomic mass is 10.3. The molecule has 8 heteroatoms. The predicted octanol–water partition coefficient (Wildman–Crippen LogP) is 0.969. The summed E-state index contributed by atoms with van der Waals surface area (Å²) in [6.45, 7) is 1.72. The van der Waals surface area contributed by atoms with Crippen molar-refractivity contribution in [1.29, 1.82) is 0 Å². The van der Waals surface area contributed by atoms with Gasteiger partial charge in [-0.15, -0.1) is 11.3 Å². The molecule has 0 fully saturated rings. The highest BCUT2D eigenvalue weighted by atomic mass is 32.1. The lowest BCUT2D eigenvalue weighted by Gasteiger charge is -2.05. The molecule has 3 heterocycles. The van der Waals surface area contributed by atoms with E-state index < -0.39 is 17.2 Å². The Morgan fingerprint density at radius 3 is 3.00 bits per heavy atom. The van der Waals surface area contributed by atoms with Gasteiger partial charge < -0.3 is 9.73 Å². The van der Waals surface area contributed by atoms with Gasteiger partial charge in [-0.2, -0.15) is 0 Å². The number of thiophene rings is 1. The molecule has 0 atom stereocenters. The molecule has 0 saturated carbocycles. The number of hydrogen-bond donors (Lipinski definition) is 2. The summed E-state index contributed by atoms with van der Waals surface area (Å²) < 4.78 is 5.99. The summed E-state index contributed by atoms with van der Waals surface area (Å²) in [7, 11) is 0. The van der Waals surface area contributed by atoms with Crippen LogP contribution in [0.5, 0.6) is 0 Å². The molecule has 114 valence electrons. The van der Waals surface area contributed by atoms with Crippen LogP contribution in [0, 0.1) is 6.92 Å². The van der Waals surface area contributed by atoms with Gasteiger partial charge in [-0.25, -0.2) is 4.79 Å². The minimum Gasteiger partial charge on any atom is -0.467 e. The zero-order chi connectivity index (χ0) is 15.7. The van der Waals surface area contributed by atoms with E-state index in [0.29, 0.717) is 16.0 Å². The van der Waals surface area contributed by atoms with Gasteiger partial charge in [0.2, 0.25) is 5.91 Å².